The molecule has 1 aromatic rings. The first kappa shape index (κ1) is 47.6. The maximum absolute atomic E-state index is 11.8. The molecule has 6 aliphatic rings. The number of benzene rings is 1. The summed E-state index contributed by atoms with van der Waals surface area (Å²) in [7, 11) is 0. The second kappa shape index (κ2) is 20.4. The van der Waals surface area contributed by atoms with Crippen molar-refractivity contribution in [3.63, 3.8) is 0 Å². The van der Waals surface area contributed by atoms with Gasteiger partial charge in [0, 0.05) is 4.90 Å². The van der Waals surface area contributed by atoms with Crippen LogP contribution in [-0.2, 0) is 47.4 Å². The van der Waals surface area contributed by atoms with Crippen LogP contribution in [0, 0.1) is 0 Å². The van der Waals surface area contributed by atoms with Gasteiger partial charge in [0.2, 0.25) is 0 Å². The number of thioether (sulfide) groups is 1. The Morgan fingerprint density at radius 2 is 0.934 bits per heavy atom. The summed E-state index contributed by atoms with van der Waals surface area (Å²) < 4.78 is 57.7. The van der Waals surface area contributed by atoms with E-state index >= 15 is 0 Å². The average molecular weight is 903 g/mol. The van der Waals surface area contributed by atoms with Crippen molar-refractivity contribution in [1.82, 2.24) is 0 Å². The molecule has 0 saturated carbocycles. The number of fused-ring (bicyclic) bond motifs is 2. The Kier molecular flexibility index (Phi) is 15.9. The summed E-state index contributed by atoms with van der Waals surface area (Å²) in [4.78, 5) is 0.637. The number of ether oxygens (including phenoxy) is 10. The first-order valence-electron chi connectivity index (χ1n) is 19.7. The molecular formula is C36H54O24S. The zero-order valence-electron chi connectivity index (χ0n) is 32.1. The van der Waals surface area contributed by atoms with Crippen molar-refractivity contribution in [3.05, 3.63) is 30.3 Å². The van der Waals surface area contributed by atoms with Gasteiger partial charge < -0.3 is 119 Å². The Hall–Kier alpha value is -1.39. The Labute approximate surface area is 351 Å². The van der Waals surface area contributed by atoms with E-state index in [1.165, 1.54) is 0 Å². The molecule has 348 valence electrons. The van der Waals surface area contributed by atoms with Crippen molar-refractivity contribution in [3.8, 4) is 0 Å². The fraction of sp³-hybridized carbons (Fsp3) is 0.833. The van der Waals surface area contributed by atoms with Gasteiger partial charge >= 0.3 is 0 Å². The van der Waals surface area contributed by atoms with E-state index in [0.717, 1.165) is 11.8 Å². The molecule has 14 N–H and O–H groups in total. The van der Waals surface area contributed by atoms with Gasteiger partial charge in [-0.2, -0.15) is 0 Å². The lowest BCUT2D eigenvalue weighted by molar-refractivity contribution is -0.377. The molecule has 1 unspecified atom stereocenters. The molecule has 0 aromatic heterocycles. The molecule has 25 atom stereocenters. The maximum Gasteiger partial charge on any atom is 0.187 e. The second-order valence-electron chi connectivity index (χ2n) is 15.5. The van der Waals surface area contributed by atoms with Gasteiger partial charge in [-0.15, -0.1) is 11.8 Å². The van der Waals surface area contributed by atoms with Crippen LogP contribution in [0.15, 0.2) is 35.2 Å². The number of hydrogen-bond acceptors (Lipinski definition) is 25. The van der Waals surface area contributed by atoms with E-state index in [0.29, 0.717) is 4.90 Å². The molecule has 24 nitrogen and oxygen atoms in total. The van der Waals surface area contributed by atoms with Gasteiger partial charge in [-0.05, 0) is 12.1 Å². The largest absolute Gasteiger partial charge is 0.394 e. The highest BCUT2D eigenvalue weighted by Crippen LogP contribution is 2.42. The van der Waals surface area contributed by atoms with Crippen LogP contribution >= 0.6 is 11.8 Å². The zero-order chi connectivity index (χ0) is 43.9. The summed E-state index contributed by atoms with van der Waals surface area (Å²) in [5.74, 6) is 0. The van der Waals surface area contributed by atoms with Crippen LogP contribution in [-0.4, -0.2) is 257 Å². The molecule has 6 fully saturated rings. The van der Waals surface area contributed by atoms with Crippen LogP contribution < -0.4 is 0 Å². The Morgan fingerprint density at radius 1 is 0.459 bits per heavy atom. The van der Waals surface area contributed by atoms with Gasteiger partial charge in [0.1, 0.15) is 116 Å². The molecule has 0 radical (unpaired) electrons. The van der Waals surface area contributed by atoms with E-state index in [9.17, 15) is 71.5 Å². The van der Waals surface area contributed by atoms with Gasteiger partial charge in [0.25, 0.3) is 0 Å². The quantitative estimate of drug-likeness (QED) is 0.0824. The van der Waals surface area contributed by atoms with Crippen LogP contribution in [0.3, 0.4) is 0 Å². The Bertz CT molecular complexity index is 1520. The minimum Gasteiger partial charge on any atom is -0.394 e. The number of aliphatic hydroxyl groups excluding tert-OH is 14. The summed E-state index contributed by atoms with van der Waals surface area (Å²) in [5, 5.41) is 146. The zero-order valence-corrected chi connectivity index (χ0v) is 32.9. The van der Waals surface area contributed by atoms with E-state index in [4.69, 9.17) is 47.4 Å². The highest BCUT2D eigenvalue weighted by Gasteiger charge is 2.59. The highest BCUT2D eigenvalue weighted by molar-refractivity contribution is 8.00. The predicted octanol–water partition coefficient (Wildman–Crippen LogP) is -8.08. The molecular weight excluding hydrogens is 848 g/mol. The monoisotopic (exact) mass is 902 g/mol. The molecule has 6 saturated heterocycles. The third-order valence-corrected chi connectivity index (χ3v) is 12.9. The first-order valence-corrected chi connectivity index (χ1v) is 20.6. The summed E-state index contributed by atoms with van der Waals surface area (Å²) in [6.45, 7) is -3.26. The number of hydrogen-bond donors (Lipinski definition) is 14. The van der Waals surface area contributed by atoms with Crippen molar-refractivity contribution in [2.24, 2.45) is 0 Å². The maximum atomic E-state index is 11.8. The highest BCUT2D eigenvalue weighted by atomic mass is 32.2. The minimum absolute atomic E-state index is 0.173. The topological polar surface area (TPSA) is 376 Å². The van der Waals surface area contributed by atoms with Gasteiger partial charge in [-0.25, -0.2) is 0 Å². The van der Waals surface area contributed by atoms with Crippen molar-refractivity contribution in [1.29, 1.82) is 0 Å². The lowest BCUT2D eigenvalue weighted by Crippen LogP contribution is -2.66. The lowest BCUT2D eigenvalue weighted by Gasteiger charge is -2.49. The average Bonchev–Trinajstić information content (AvgIpc) is 3.57. The third kappa shape index (κ3) is 9.64. The molecule has 6 aliphatic heterocycles. The smallest absolute Gasteiger partial charge is 0.187 e. The molecule has 2 bridgehead atoms. The van der Waals surface area contributed by atoms with Crippen LogP contribution in [0.4, 0.5) is 0 Å². The molecule has 61 heavy (non-hydrogen) atoms. The molecule has 7 rings (SSSR count). The van der Waals surface area contributed by atoms with Gasteiger partial charge in [0.15, 0.2) is 31.5 Å². The van der Waals surface area contributed by atoms with Gasteiger partial charge in [-0.1, -0.05) is 18.2 Å². The SMILES string of the molecule is OC[C@H]1O[C@H](O[C@H]2[C@@H](Sc3ccccc3)[C@H](O)[C@@H](O[C@H]3[C@@H]4OC[C@H]3O[C@H](O[C@H]3[C@H](O)[C@@H](O)[C@@H](O[C@H]5[C@H](O)[C@@H](O)C(O)O[C@@H]5CO)O[C@@H]3CO)[C@@H]4O)O[C@@H]2CO)[C@H](O)[C@@H](O)[C@@H]1O. The Morgan fingerprint density at radius 3 is 1.54 bits per heavy atom. The van der Waals surface area contributed by atoms with Crippen molar-refractivity contribution in [2.75, 3.05) is 33.0 Å². The van der Waals surface area contributed by atoms with E-state index in [2.05, 4.69) is 0 Å². The molecule has 6 heterocycles. The second-order valence-corrected chi connectivity index (χ2v) is 16.7. The van der Waals surface area contributed by atoms with Crippen LogP contribution in [0.2, 0.25) is 0 Å². The van der Waals surface area contributed by atoms with Crippen LogP contribution in [0.25, 0.3) is 0 Å². The van der Waals surface area contributed by atoms with Crippen molar-refractivity contribution >= 4 is 11.8 Å². The summed E-state index contributed by atoms with van der Waals surface area (Å²) >= 11 is 1.10. The van der Waals surface area contributed by atoms with E-state index < -0.39 is 179 Å². The van der Waals surface area contributed by atoms with E-state index in [1.807, 2.05) is 0 Å². The molecule has 1 aromatic carbocycles. The third-order valence-electron chi connectivity index (χ3n) is 11.6. The van der Waals surface area contributed by atoms with Crippen molar-refractivity contribution < 1.29 is 119 Å². The summed E-state index contributed by atoms with van der Waals surface area (Å²) in [6, 6.07) is 8.73. The Balaban J connectivity index is 1.03. The summed E-state index contributed by atoms with van der Waals surface area (Å²) in [5.41, 5.74) is 0. The normalized spacial score (nSPS) is 50.4. The standard InChI is InChI=1S/C36H54O24S/c37-6-12-17(41)18(42)22(46)33(53-12)60-29-15(9-40)55-36(25(49)31(29)61-11-4-2-1-3-5-11)59-28-16-10-51-30(28)24(48)35(56-16)58-27-14(8-39)54-34(23(47)20(27)44)57-26-13(7-38)52-32(50)21(45)19(26)43/h1-5,12-50H,6-10H2/t12-,13-,14-,15-,16-,17-,18+,19-,20-,21-,22-,23-,24-,25+,26-,27-,28-,29-,30-,31+,32?,33-,34-,35-,36-/m1/s1. The van der Waals surface area contributed by atoms with Crippen LogP contribution in [0.1, 0.15) is 0 Å². The van der Waals surface area contributed by atoms with E-state index in [1.54, 1.807) is 30.3 Å². The van der Waals surface area contributed by atoms with Crippen molar-refractivity contribution in [2.45, 2.75) is 158 Å². The predicted molar refractivity (Wildman–Crippen MR) is 193 cm³/mol. The molecule has 0 aliphatic carbocycles. The number of aliphatic hydroxyl groups is 14. The molecule has 0 spiro atoms. The lowest BCUT2D eigenvalue weighted by atomic mass is 9.96. The number of rotatable bonds is 14. The fourth-order valence-corrected chi connectivity index (χ4v) is 9.45. The molecule has 25 heteroatoms. The molecule has 0 amide bonds. The summed E-state index contributed by atoms with van der Waals surface area (Å²) in [6.07, 6.45) is -37.8. The first-order chi connectivity index (χ1) is 29.2. The van der Waals surface area contributed by atoms with Crippen LogP contribution in [0.5, 0.6) is 0 Å². The van der Waals surface area contributed by atoms with Gasteiger partial charge in [0.05, 0.1) is 38.3 Å². The fourth-order valence-electron chi connectivity index (χ4n) is 8.18. The minimum atomic E-state index is -1.95. The van der Waals surface area contributed by atoms with Gasteiger partial charge in [-0.3, -0.25) is 0 Å². The van der Waals surface area contributed by atoms with E-state index in [-0.39, 0.29) is 6.61 Å².